The van der Waals surface area contributed by atoms with Crippen molar-refractivity contribution in [3.05, 3.63) is 77.1 Å². The summed E-state index contributed by atoms with van der Waals surface area (Å²) in [4.78, 5) is 19.9. The standard InChI is InChI=1S/C20H16ClN3O/c21-19-8-6-13-11-14(5-7-17(13)24-19)20(25)22-10-9-15-12-23-18-4-2-1-3-16(15)18/h1-8,11-12,23H,9-10H2,(H,22,25). The van der Waals surface area contributed by atoms with Crippen molar-refractivity contribution in [2.45, 2.75) is 6.42 Å². The van der Waals surface area contributed by atoms with E-state index in [9.17, 15) is 4.79 Å². The lowest BCUT2D eigenvalue weighted by Crippen LogP contribution is -2.25. The second kappa shape index (κ2) is 6.57. The highest BCUT2D eigenvalue weighted by Gasteiger charge is 2.08. The number of nitrogens with zero attached hydrogens (tertiary/aromatic N) is 1. The number of rotatable bonds is 4. The van der Waals surface area contributed by atoms with Crippen molar-refractivity contribution in [2.24, 2.45) is 0 Å². The van der Waals surface area contributed by atoms with Crippen molar-refractivity contribution in [3.63, 3.8) is 0 Å². The van der Waals surface area contributed by atoms with Crippen molar-refractivity contribution in [3.8, 4) is 0 Å². The number of pyridine rings is 1. The summed E-state index contributed by atoms with van der Waals surface area (Å²) in [5.74, 6) is -0.0864. The number of hydrogen-bond donors (Lipinski definition) is 2. The molecule has 4 nitrogen and oxygen atoms in total. The van der Waals surface area contributed by atoms with Gasteiger partial charge in [0.1, 0.15) is 5.15 Å². The van der Waals surface area contributed by atoms with Crippen LogP contribution in [0.4, 0.5) is 0 Å². The number of carbonyl (C=O) groups is 1. The van der Waals surface area contributed by atoms with Crippen LogP contribution >= 0.6 is 11.6 Å². The van der Waals surface area contributed by atoms with Crippen molar-refractivity contribution in [1.29, 1.82) is 0 Å². The van der Waals surface area contributed by atoms with Gasteiger partial charge in [0.05, 0.1) is 5.52 Å². The van der Waals surface area contributed by atoms with Crippen LogP contribution in [0, 0.1) is 0 Å². The summed E-state index contributed by atoms with van der Waals surface area (Å²) < 4.78 is 0. The number of aromatic amines is 1. The van der Waals surface area contributed by atoms with Crippen LogP contribution in [0.2, 0.25) is 5.15 Å². The molecule has 0 aliphatic carbocycles. The van der Waals surface area contributed by atoms with Gasteiger partial charge in [0.2, 0.25) is 0 Å². The van der Waals surface area contributed by atoms with E-state index in [2.05, 4.69) is 21.4 Å². The SMILES string of the molecule is O=C(NCCc1c[nH]c2ccccc12)c1ccc2nc(Cl)ccc2c1. The molecule has 2 N–H and O–H groups in total. The third kappa shape index (κ3) is 3.21. The molecule has 0 unspecified atom stereocenters. The minimum Gasteiger partial charge on any atom is -0.361 e. The summed E-state index contributed by atoms with van der Waals surface area (Å²) >= 11 is 5.89. The minimum atomic E-state index is -0.0864. The fourth-order valence-corrected chi connectivity index (χ4v) is 3.15. The number of fused-ring (bicyclic) bond motifs is 2. The molecule has 5 heteroatoms. The van der Waals surface area contributed by atoms with E-state index in [0.717, 1.165) is 22.8 Å². The highest BCUT2D eigenvalue weighted by molar-refractivity contribution is 6.29. The Morgan fingerprint density at radius 2 is 2.00 bits per heavy atom. The van der Waals surface area contributed by atoms with E-state index in [1.165, 1.54) is 10.9 Å². The quantitative estimate of drug-likeness (QED) is 0.538. The van der Waals surface area contributed by atoms with Crippen LogP contribution < -0.4 is 5.32 Å². The van der Waals surface area contributed by atoms with Crippen LogP contribution in [-0.4, -0.2) is 22.4 Å². The maximum Gasteiger partial charge on any atom is 0.251 e. The first-order valence-corrected chi connectivity index (χ1v) is 8.48. The van der Waals surface area contributed by atoms with E-state index < -0.39 is 0 Å². The van der Waals surface area contributed by atoms with Gasteiger partial charge in [-0.2, -0.15) is 0 Å². The number of aromatic nitrogens is 2. The van der Waals surface area contributed by atoms with Crippen LogP contribution in [-0.2, 0) is 6.42 Å². The molecule has 0 saturated heterocycles. The second-order valence-electron chi connectivity index (χ2n) is 5.91. The van der Waals surface area contributed by atoms with Crippen LogP contribution in [0.1, 0.15) is 15.9 Å². The number of H-pyrrole nitrogens is 1. The van der Waals surface area contributed by atoms with Crippen LogP contribution in [0.15, 0.2) is 60.8 Å². The first-order valence-electron chi connectivity index (χ1n) is 8.10. The van der Waals surface area contributed by atoms with Gasteiger partial charge < -0.3 is 10.3 Å². The largest absolute Gasteiger partial charge is 0.361 e. The number of para-hydroxylation sites is 1. The van der Waals surface area contributed by atoms with Crippen molar-refractivity contribution < 1.29 is 4.79 Å². The molecule has 0 spiro atoms. The van der Waals surface area contributed by atoms with E-state index in [1.54, 1.807) is 12.1 Å². The summed E-state index contributed by atoms with van der Waals surface area (Å²) in [6, 6.07) is 17.2. The molecule has 0 aliphatic rings. The Labute approximate surface area is 149 Å². The number of nitrogens with one attached hydrogen (secondary N) is 2. The van der Waals surface area contributed by atoms with Crippen molar-refractivity contribution in [2.75, 3.05) is 6.54 Å². The lowest BCUT2D eigenvalue weighted by Gasteiger charge is -2.06. The Balaban J connectivity index is 1.44. The first kappa shape index (κ1) is 15.7. The summed E-state index contributed by atoms with van der Waals surface area (Å²) in [7, 11) is 0. The van der Waals surface area contributed by atoms with Gasteiger partial charge in [0.25, 0.3) is 5.91 Å². The van der Waals surface area contributed by atoms with Gasteiger partial charge in [-0.15, -0.1) is 0 Å². The fourth-order valence-electron chi connectivity index (χ4n) is 2.99. The normalized spacial score (nSPS) is 11.1. The maximum atomic E-state index is 12.4. The van der Waals surface area contributed by atoms with Crippen LogP contribution in [0.3, 0.4) is 0 Å². The van der Waals surface area contributed by atoms with E-state index in [-0.39, 0.29) is 5.91 Å². The number of carbonyl (C=O) groups excluding carboxylic acids is 1. The predicted octanol–water partition coefficient (Wildman–Crippen LogP) is 4.34. The molecular formula is C20H16ClN3O. The van der Waals surface area contributed by atoms with Crippen LogP contribution in [0.25, 0.3) is 21.8 Å². The Morgan fingerprint density at radius 1 is 1.12 bits per heavy atom. The molecule has 2 aromatic carbocycles. The molecule has 124 valence electrons. The molecule has 4 rings (SSSR count). The third-order valence-electron chi connectivity index (χ3n) is 4.27. The molecule has 1 amide bonds. The molecule has 0 aliphatic heterocycles. The van der Waals surface area contributed by atoms with Crippen LogP contribution in [0.5, 0.6) is 0 Å². The third-order valence-corrected chi connectivity index (χ3v) is 4.48. The van der Waals surface area contributed by atoms with Gasteiger partial charge >= 0.3 is 0 Å². The summed E-state index contributed by atoms with van der Waals surface area (Å²) in [5.41, 5.74) is 3.72. The molecule has 0 atom stereocenters. The average molecular weight is 350 g/mol. The van der Waals surface area contributed by atoms with Gasteiger partial charge in [0, 0.05) is 34.6 Å². The number of halogens is 1. The summed E-state index contributed by atoms with van der Waals surface area (Å²) in [5, 5.41) is 5.52. The Kier molecular flexibility index (Phi) is 4.12. The second-order valence-corrected chi connectivity index (χ2v) is 6.29. The lowest BCUT2D eigenvalue weighted by molar-refractivity contribution is 0.0954. The van der Waals surface area contributed by atoms with Crippen molar-refractivity contribution in [1.82, 2.24) is 15.3 Å². The van der Waals surface area contributed by atoms with E-state index >= 15 is 0 Å². The van der Waals surface area contributed by atoms with Gasteiger partial charge in [-0.25, -0.2) is 4.98 Å². The van der Waals surface area contributed by atoms with Gasteiger partial charge in [-0.05, 0) is 48.4 Å². The molecule has 2 heterocycles. The monoisotopic (exact) mass is 349 g/mol. The Bertz CT molecular complexity index is 1070. The average Bonchev–Trinajstić information content (AvgIpc) is 3.04. The van der Waals surface area contributed by atoms with E-state index in [4.69, 9.17) is 11.6 Å². The summed E-state index contributed by atoms with van der Waals surface area (Å²) in [6.07, 6.45) is 2.78. The van der Waals surface area contributed by atoms with Gasteiger partial charge in [-0.3, -0.25) is 4.79 Å². The Morgan fingerprint density at radius 3 is 2.92 bits per heavy atom. The maximum absolute atomic E-state index is 12.4. The van der Waals surface area contributed by atoms with E-state index in [1.807, 2.05) is 42.6 Å². The topological polar surface area (TPSA) is 57.8 Å². The molecule has 2 aromatic heterocycles. The smallest absolute Gasteiger partial charge is 0.251 e. The summed E-state index contributed by atoms with van der Waals surface area (Å²) in [6.45, 7) is 0.581. The van der Waals surface area contributed by atoms with Crippen molar-refractivity contribution >= 4 is 39.3 Å². The minimum absolute atomic E-state index is 0.0864. The molecule has 0 fully saturated rings. The predicted molar refractivity (Wildman–Crippen MR) is 101 cm³/mol. The number of benzene rings is 2. The Hall–Kier alpha value is -2.85. The lowest BCUT2D eigenvalue weighted by atomic mass is 10.1. The zero-order chi connectivity index (χ0) is 17.2. The molecule has 0 saturated carbocycles. The molecular weight excluding hydrogens is 334 g/mol. The molecule has 4 aromatic rings. The highest BCUT2D eigenvalue weighted by atomic mass is 35.5. The van der Waals surface area contributed by atoms with Gasteiger partial charge in [-0.1, -0.05) is 29.8 Å². The number of amides is 1. The van der Waals surface area contributed by atoms with Gasteiger partial charge in [0.15, 0.2) is 0 Å². The fraction of sp³-hybridized carbons (Fsp3) is 0.100. The van der Waals surface area contributed by atoms with E-state index in [0.29, 0.717) is 17.3 Å². The zero-order valence-corrected chi connectivity index (χ0v) is 14.2. The zero-order valence-electron chi connectivity index (χ0n) is 13.4. The number of hydrogen-bond acceptors (Lipinski definition) is 2. The molecule has 0 radical (unpaired) electrons. The molecule has 0 bridgehead atoms. The molecule has 25 heavy (non-hydrogen) atoms. The highest BCUT2D eigenvalue weighted by Crippen LogP contribution is 2.19. The first-order chi connectivity index (χ1) is 12.2.